The van der Waals surface area contributed by atoms with Crippen LogP contribution in [0.4, 0.5) is 18.9 Å². The van der Waals surface area contributed by atoms with Crippen molar-refractivity contribution in [2.75, 3.05) is 11.9 Å². The van der Waals surface area contributed by atoms with Crippen LogP contribution in [0, 0.1) is 0 Å². The molecule has 10 heteroatoms. The molecule has 0 aliphatic carbocycles. The van der Waals surface area contributed by atoms with Gasteiger partial charge in [-0.15, -0.1) is 0 Å². The van der Waals surface area contributed by atoms with Gasteiger partial charge in [0.1, 0.15) is 5.02 Å². The van der Waals surface area contributed by atoms with E-state index in [-0.39, 0.29) is 17.5 Å². The first kappa shape index (κ1) is 20.0. The zero-order valence-corrected chi connectivity index (χ0v) is 16.4. The molecule has 0 aliphatic heterocycles. The van der Waals surface area contributed by atoms with Gasteiger partial charge in [0.05, 0.1) is 28.5 Å². The molecule has 2 heterocycles. The lowest BCUT2D eigenvalue weighted by atomic mass is 10.1. The van der Waals surface area contributed by atoms with Crippen molar-refractivity contribution in [2.24, 2.45) is 0 Å². The van der Waals surface area contributed by atoms with Gasteiger partial charge in [-0.3, -0.25) is 4.79 Å². The van der Waals surface area contributed by atoms with Crippen molar-refractivity contribution in [1.82, 2.24) is 19.7 Å². The summed E-state index contributed by atoms with van der Waals surface area (Å²) in [7, 11) is 1.67. The summed E-state index contributed by atoms with van der Waals surface area (Å²) in [6.07, 6.45) is -2.97. The van der Waals surface area contributed by atoms with Crippen molar-refractivity contribution in [3.63, 3.8) is 0 Å². The number of hydrogen-bond acceptors (Lipinski definition) is 4. The fraction of sp³-hybridized carbons (Fsp3) is 0.150. The Morgan fingerprint density at radius 2 is 1.83 bits per heavy atom. The number of aromatic nitrogens is 4. The molecule has 0 aliphatic rings. The third-order valence-electron chi connectivity index (χ3n) is 4.59. The summed E-state index contributed by atoms with van der Waals surface area (Å²) in [5, 5.41) is 4.08. The molecule has 0 bridgehead atoms. The predicted molar refractivity (Wildman–Crippen MR) is 108 cm³/mol. The van der Waals surface area contributed by atoms with Crippen LogP contribution in [0.3, 0.4) is 0 Å². The number of rotatable bonds is 4. The van der Waals surface area contributed by atoms with E-state index in [2.05, 4.69) is 15.1 Å². The number of halogens is 4. The Labute approximate surface area is 173 Å². The molecule has 6 nitrogen and oxygen atoms in total. The van der Waals surface area contributed by atoms with Crippen LogP contribution in [0.2, 0.25) is 5.02 Å². The molecule has 2 aromatic heterocycles. The number of para-hydroxylation sites is 2. The van der Waals surface area contributed by atoms with E-state index in [1.54, 1.807) is 18.0 Å². The number of nitrogens with zero attached hydrogens (tertiary/aromatic N) is 4. The van der Waals surface area contributed by atoms with Crippen molar-refractivity contribution >= 4 is 28.3 Å². The minimum absolute atomic E-state index is 0.0696. The van der Waals surface area contributed by atoms with Crippen LogP contribution in [-0.2, 0) is 12.7 Å². The quantitative estimate of drug-likeness (QED) is 0.517. The van der Waals surface area contributed by atoms with Crippen molar-refractivity contribution in [3.8, 4) is 5.95 Å². The average molecular weight is 434 g/mol. The minimum Gasteiger partial charge on any atom is -0.368 e. The second-order valence-corrected chi connectivity index (χ2v) is 7.07. The van der Waals surface area contributed by atoms with Gasteiger partial charge < -0.3 is 9.88 Å². The number of fused-ring (bicyclic) bond motifs is 1. The molecule has 30 heavy (non-hydrogen) atoms. The molecular weight excluding hydrogens is 419 g/mol. The lowest BCUT2D eigenvalue weighted by Crippen LogP contribution is -2.26. The van der Waals surface area contributed by atoms with Gasteiger partial charge >= 0.3 is 6.18 Å². The highest BCUT2D eigenvalue weighted by Gasteiger charge is 2.30. The van der Waals surface area contributed by atoms with E-state index < -0.39 is 17.3 Å². The first-order chi connectivity index (χ1) is 14.2. The fourth-order valence-corrected chi connectivity index (χ4v) is 3.31. The van der Waals surface area contributed by atoms with Crippen molar-refractivity contribution in [2.45, 2.75) is 12.7 Å². The third kappa shape index (κ3) is 3.76. The number of hydrogen-bond donors (Lipinski definition) is 1. The summed E-state index contributed by atoms with van der Waals surface area (Å²) in [4.78, 5) is 21.7. The van der Waals surface area contributed by atoms with Gasteiger partial charge in [-0.25, -0.2) is 4.98 Å². The van der Waals surface area contributed by atoms with E-state index in [9.17, 15) is 18.0 Å². The van der Waals surface area contributed by atoms with Gasteiger partial charge in [-0.05, 0) is 29.8 Å². The van der Waals surface area contributed by atoms with Gasteiger partial charge in [0.15, 0.2) is 0 Å². The summed E-state index contributed by atoms with van der Waals surface area (Å²) in [6, 6.07) is 12.1. The van der Waals surface area contributed by atoms with Crippen molar-refractivity contribution < 1.29 is 13.2 Å². The first-order valence-electron chi connectivity index (χ1n) is 8.84. The Balaban J connectivity index is 1.60. The Kier molecular flexibility index (Phi) is 4.98. The normalized spacial score (nSPS) is 11.8. The van der Waals surface area contributed by atoms with Crippen LogP contribution in [-0.4, -0.2) is 26.8 Å². The Morgan fingerprint density at radius 1 is 1.13 bits per heavy atom. The Morgan fingerprint density at radius 3 is 2.50 bits per heavy atom. The molecule has 0 atom stereocenters. The molecule has 0 radical (unpaired) electrons. The van der Waals surface area contributed by atoms with Gasteiger partial charge in [-0.2, -0.15) is 23.0 Å². The van der Waals surface area contributed by atoms with Gasteiger partial charge in [0, 0.05) is 13.6 Å². The summed E-state index contributed by atoms with van der Waals surface area (Å²) in [6.45, 7) is 0.244. The maximum Gasteiger partial charge on any atom is 0.416 e. The number of nitrogens with one attached hydrogen (secondary N) is 1. The number of H-pyrrole nitrogens is 1. The summed E-state index contributed by atoms with van der Waals surface area (Å²) >= 11 is 6.29. The van der Waals surface area contributed by atoms with E-state index in [0.717, 1.165) is 22.3 Å². The first-order valence-corrected chi connectivity index (χ1v) is 9.22. The fourth-order valence-electron chi connectivity index (χ4n) is 3.04. The van der Waals surface area contributed by atoms with Crippen LogP contribution < -0.4 is 10.5 Å². The van der Waals surface area contributed by atoms with Crippen LogP contribution >= 0.6 is 11.6 Å². The Bertz CT molecular complexity index is 1230. The highest BCUT2D eigenvalue weighted by atomic mass is 35.5. The topological polar surface area (TPSA) is 66.8 Å². The number of imidazole rings is 1. The zero-order chi connectivity index (χ0) is 21.5. The second-order valence-electron chi connectivity index (χ2n) is 6.69. The monoisotopic (exact) mass is 433 g/mol. The van der Waals surface area contributed by atoms with E-state index in [1.165, 1.54) is 18.3 Å². The summed E-state index contributed by atoms with van der Waals surface area (Å²) < 4.78 is 39.2. The van der Waals surface area contributed by atoms with Gasteiger partial charge in [0.25, 0.3) is 5.56 Å². The molecule has 4 rings (SSSR count). The molecule has 0 unspecified atom stereocenters. The smallest absolute Gasteiger partial charge is 0.368 e. The van der Waals surface area contributed by atoms with E-state index >= 15 is 0 Å². The lowest BCUT2D eigenvalue weighted by molar-refractivity contribution is -0.137. The second kappa shape index (κ2) is 7.49. The minimum atomic E-state index is -4.39. The molecule has 154 valence electrons. The third-order valence-corrected chi connectivity index (χ3v) is 4.95. The molecular formula is C20H15ClF3N5O. The highest BCUT2D eigenvalue weighted by molar-refractivity contribution is 6.33. The SMILES string of the molecule is CN(Cc1ccc(C(F)(F)F)cc1)c1cnn(-c2nc3ccccc3[nH]2)c(=O)c1Cl. The Hall–Kier alpha value is -3.33. The van der Waals surface area contributed by atoms with Gasteiger partial charge in [0.2, 0.25) is 5.95 Å². The molecule has 2 aromatic carbocycles. The van der Waals surface area contributed by atoms with E-state index in [4.69, 9.17) is 11.6 Å². The molecule has 4 aromatic rings. The molecule has 0 spiro atoms. The molecule has 0 saturated carbocycles. The average Bonchev–Trinajstić information content (AvgIpc) is 3.13. The number of aromatic amines is 1. The molecule has 0 saturated heterocycles. The van der Waals surface area contributed by atoms with E-state index in [1.807, 2.05) is 18.2 Å². The predicted octanol–water partition coefficient (Wildman–Crippen LogP) is 4.42. The van der Waals surface area contributed by atoms with E-state index in [0.29, 0.717) is 16.8 Å². The van der Waals surface area contributed by atoms with Crippen LogP contribution in [0.1, 0.15) is 11.1 Å². The summed E-state index contributed by atoms with van der Waals surface area (Å²) in [5.74, 6) is 0.236. The van der Waals surface area contributed by atoms with Crippen molar-refractivity contribution in [1.29, 1.82) is 0 Å². The number of benzene rings is 2. The maximum absolute atomic E-state index is 12.7. The molecule has 0 amide bonds. The summed E-state index contributed by atoms with van der Waals surface area (Å²) in [5.41, 5.74) is 1.13. The molecule has 1 N–H and O–H groups in total. The zero-order valence-electron chi connectivity index (χ0n) is 15.6. The highest BCUT2D eigenvalue weighted by Crippen LogP contribution is 2.29. The number of anilines is 1. The van der Waals surface area contributed by atoms with Crippen LogP contribution in [0.5, 0.6) is 0 Å². The van der Waals surface area contributed by atoms with Crippen molar-refractivity contribution in [3.05, 3.63) is 81.2 Å². The van der Waals surface area contributed by atoms with Crippen LogP contribution in [0.15, 0.2) is 59.5 Å². The van der Waals surface area contributed by atoms with Gasteiger partial charge in [-0.1, -0.05) is 35.9 Å². The van der Waals surface area contributed by atoms with Crippen LogP contribution in [0.25, 0.3) is 17.0 Å². The molecule has 0 fully saturated rings. The standard InChI is InChI=1S/C20H15ClF3N5O/c1-28(11-12-6-8-13(9-7-12)20(22,23)24)16-10-25-29(18(30)17(16)21)19-26-14-4-2-3-5-15(14)27-19/h2-10H,11H2,1H3,(H,26,27). The number of alkyl halides is 3. The largest absolute Gasteiger partial charge is 0.416 e. The lowest BCUT2D eigenvalue weighted by Gasteiger charge is -2.20. The maximum atomic E-state index is 12.7.